The SMILES string of the molecule is Cc1ccc(COc2ccc(CCCCO)cc2OCc2ccc(C)cc2)cc1. The minimum Gasteiger partial charge on any atom is -0.485 e. The second-order valence-electron chi connectivity index (χ2n) is 7.51. The molecule has 3 heteroatoms. The van der Waals surface area contributed by atoms with Gasteiger partial charge in [-0.2, -0.15) is 0 Å². The monoisotopic (exact) mass is 390 g/mol. The van der Waals surface area contributed by atoms with E-state index in [1.807, 2.05) is 6.07 Å². The van der Waals surface area contributed by atoms with Crippen molar-refractivity contribution in [3.63, 3.8) is 0 Å². The molecule has 0 amide bonds. The summed E-state index contributed by atoms with van der Waals surface area (Å²) in [4.78, 5) is 0. The summed E-state index contributed by atoms with van der Waals surface area (Å²) in [5.74, 6) is 1.52. The van der Waals surface area contributed by atoms with Crippen molar-refractivity contribution in [3.8, 4) is 11.5 Å². The number of hydrogen-bond donors (Lipinski definition) is 1. The molecule has 0 aliphatic carbocycles. The van der Waals surface area contributed by atoms with E-state index < -0.39 is 0 Å². The molecule has 0 radical (unpaired) electrons. The number of benzene rings is 3. The van der Waals surface area contributed by atoms with E-state index in [1.165, 1.54) is 16.7 Å². The standard InChI is InChI=1S/C26H30O3/c1-20-6-10-23(11-7-20)18-28-25-15-14-22(5-3-4-16-27)17-26(25)29-19-24-12-8-21(2)9-13-24/h6-15,17,27H,3-5,16,18-19H2,1-2H3. The van der Waals surface area contributed by atoms with Crippen molar-refractivity contribution < 1.29 is 14.6 Å². The highest BCUT2D eigenvalue weighted by Crippen LogP contribution is 2.30. The molecule has 3 aromatic carbocycles. The molecule has 0 unspecified atom stereocenters. The zero-order valence-electron chi connectivity index (χ0n) is 17.4. The summed E-state index contributed by atoms with van der Waals surface area (Å²) in [6, 6.07) is 22.9. The molecule has 0 saturated heterocycles. The first-order valence-electron chi connectivity index (χ1n) is 10.2. The van der Waals surface area contributed by atoms with Crippen molar-refractivity contribution in [1.82, 2.24) is 0 Å². The third-order valence-electron chi connectivity index (χ3n) is 4.91. The fourth-order valence-electron chi connectivity index (χ4n) is 3.07. The van der Waals surface area contributed by atoms with E-state index in [0.717, 1.165) is 41.9 Å². The molecular formula is C26H30O3. The first-order valence-corrected chi connectivity index (χ1v) is 10.2. The van der Waals surface area contributed by atoms with E-state index in [-0.39, 0.29) is 6.61 Å². The molecule has 3 rings (SSSR count). The van der Waals surface area contributed by atoms with Crippen molar-refractivity contribution in [3.05, 3.63) is 94.5 Å². The number of ether oxygens (including phenoxy) is 2. The first kappa shape index (κ1) is 20.9. The Morgan fingerprint density at radius 2 is 1.14 bits per heavy atom. The number of aliphatic hydroxyl groups excluding tert-OH is 1. The Labute approximate surface area is 173 Å². The summed E-state index contributed by atoms with van der Waals surface area (Å²) in [5, 5.41) is 9.02. The predicted molar refractivity (Wildman–Crippen MR) is 117 cm³/mol. The summed E-state index contributed by atoms with van der Waals surface area (Å²) in [7, 11) is 0. The molecule has 0 aliphatic rings. The Kier molecular flexibility index (Phi) is 7.71. The summed E-state index contributed by atoms with van der Waals surface area (Å²) in [6.07, 6.45) is 2.68. The van der Waals surface area contributed by atoms with E-state index in [4.69, 9.17) is 14.6 Å². The lowest BCUT2D eigenvalue weighted by Gasteiger charge is -2.15. The Morgan fingerprint density at radius 1 is 0.621 bits per heavy atom. The smallest absolute Gasteiger partial charge is 0.161 e. The summed E-state index contributed by atoms with van der Waals surface area (Å²) >= 11 is 0. The molecule has 29 heavy (non-hydrogen) atoms. The van der Waals surface area contributed by atoms with E-state index in [1.54, 1.807) is 0 Å². The maximum atomic E-state index is 9.02. The Hall–Kier alpha value is -2.78. The molecule has 3 nitrogen and oxygen atoms in total. The maximum Gasteiger partial charge on any atom is 0.161 e. The van der Waals surface area contributed by atoms with E-state index in [2.05, 4.69) is 74.5 Å². The molecule has 0 saturated carbocycles. The molecule has 1 N–H and O–H groups in total. The van der Waals surface area contributed by atoms with Crippen LogP contribution in [0.5, 0.6) is 11.5 Å². The normalized spacial score (nSPS) is 10.7. The van der Waals surface area contributed by atoms with Crippen LogP contribution in [0.4, 0.5) is 0 Å². The topological polar surface area (TPSA) is 38.7 Å². The number of aliphatic hydroxyl groups is 1. The van der Waals surface area contributed by atoms with Crippen molar-refractivity contribution in [2.45, 2.75) is 46.3 Å². The van der Waals surface area contributed by atoms with Crippen LogP contribution < -0.4 is 9.47 Å². The second kappa shape index (κ2) is 10.7. The third kappa shape index (κ3) is 6.65. The number of unbranched alkanes of at least 4 members (excludes halogenated alkanes) is 1. The summed E-state index contributed by atoms with van der Waals surface area (Å²) < 4.78 is 12.2. The van der Waals surface area contributed by atoms with Crippen molar-refractivity contribution in [2.24, 2.45) is 0 Å². The molecule has 3 aromatic rings. The minimum atomic E-state index is 0.231. The fraction of sp³-hybridized carbons (Fsp3) is 0.308. The van der Waals surface area contributed by atoms with Crippen LogP contribution in [0.25, 0.3) is 0 Å². The fourth-order valence-corrected chi connectivity index (χ4v) is 3.07. The van der Waals surface area contributed by atoms with Crippen molar-refractivity contribution in [2.75, 3.05) is 6.61 Å². The third-order valence-corrected chi connectivity index (χ3v) is 4.91. The van der Waals surface area contributed by atoms with Crippen LogP contribution in [-0.4, -0.2) is 11.7 Å². The number of rotatable bonds is 10. The molecule has 0 bridgehead atoms. The number of aryl methyl sites for hydroxylation is 3. The first-order chi connectivity index (χ1) is 14.1. The average Bonchev–Trinajstić information content (AvgIpc) is 2.74. The van der Waals surface area contributed by atoms with Gasteiger partial charge in [-0.15, -0.1) is 0 Å². The van der Waals surface area contributed by atoms with Crippen LogP contribution >= 0.6 is 0 Å². The quantitative estimate of drug-likeness (QED) is 0.446. The van der Waals surface area contributed by atoms with Gasteiger partial charge < -0.3 is 14.6 Å². The van der Waals surface area contributed by atoms with Crippen LogP contribution in [0.15, 0.2) is 66.7 Å². The van der Waals surface area contributed by atoms with E-state index >= 15 is 0 Å². The lowest BCUT2D eigenvalue weighted by Crippen LogP contribution is -2.02. The van der Waals surface area contributed by atoms with Crippen LogP contribution in [0.1, 0.15) is 40.7 Å². The highest BCUT2D eigenvalue weighted by Gasteiger charge is 2.09. The zero-order chi connectivity index (χ0) is 20.5. The van der Waals surface area contributed by atoms with Crippen LogP contribution in [0, 0.1) is 13.8 Å². The van der Waals surface area contributed by atoms with Gasteiger partial charge in [0.05, 0.1) is 0 Å². The number of hydrogen-bond acceptors (Lipinski definition) is 3. The molecule has 0 atom stereocenters. The van der Waals surface area contributed by atoms with Gasteiger partial charge in [-0.3, -0.25) is 0 Å². The van der Waals surface area contributed by atoms with Crippen molar-refractivity contribution >= 4 is 0 Å². The molecule has 0 aromatic heterocycles. The van der Waals surface area contributed by atoms with Gasteiger partial charge in [-0.1, -0.05) is 65.7 Å². The Morgan fingerprint density at radius 3 is 1.69 bits per heavy atom. The van der Waals surface area contributed by atoms with E-state index in [0.29, 0.717) is 13.2 Å². The predicted octanol–water partition coefficient (Wildman–Crippen LogP) is 5.78. The molecule has 0 fully saturated rings. The van der Waals surface area contributed by atoms with Crippen LogP contribution in [0.3, 0.4) is 0 Å². The Balaban J connectivity index is 1.71. The maximum absolute atomic E-state index is 9.02. The molecular weight excluding hydrogens is 360 g/mol. The average molecular weight is 391 g/mol. The van der Waals surface area contributed by atoms with Gasteiger partial charge in [0.25, 0.3) is 0 Å². The van der Waals surface area contributed by atoms with E-state index in [9.17, 15) is 0 Å². The summed E-state index contributed by atoms with van der Waals surface area (Å²) in [5.41, 5.74) is 5.93. The summed E-state index contributed by atoms with van der Waals surface area (Å²) in [6.45, 7) is 5.40. The Bertz CT molecular complexity index is 883. The zero-order valence-corrected chi connectivity index (χ0v) is 17.4. The molecule has 0 heterocycles. The minimum absolute atomic E-state index is 0.231. The molecule has 0 spiro atoms. The second-order valence-corrected chi connectivity index (χ2v) is 7.51. The lowest BCUT2D eigenvalue weighted by atomic mass is 10.1. The van der Waals surface area contributed by atoms with Gasteiger partial charge >= 0.3 is 0 Å². The highest BCUT2D eigenvalue weighted by molar-refractivity contribution is 5.43. The van der Waals surface area contributed by atoms with Crippen LogP contribution in [0.2, 0.25) is 0 Å². The van der Waals surface area contributed by atoms with Gasteiger partial charge in [-0.05, 0) is 61.9 Å². The highest BCUT2D eigenvalue weighted by atomic mass is 16.5. The van der Waals surface area contributed by atoms with Crippen molar-refractivity contribution in [1.29, 1.82) is 0 Å². The van der Waals surface area contributed by atoms with Gasteiger partial charge in [0.15, 0.2) is 11.5 Å². The van der Waals surface area contributed by atoms with Gasteiger partial charge in [0.2, 0.25) is 0 Å². The molecule has 152 valence electrons. The largest absolute Gasteiger partial charge is 0.485 e. The molecule has 0 aliphatic heterocycles. The lowest BCUT2D eigenvalue weighted by molar-refractivity contribution is 0.255. The van der Waals surface area contributed by atoms with Gasteiger partial charge in [0, 0.05) is 6.61 Å². The van der Waals surface area contributed by atoms with Gasteiger partial charge in [0.1, 0.15) is 13.2 Å². The van der Waals surface area contributed by atoms with Crippen LogP contribution in [-0.2, 0) is 19.6 Å². The van der Waals surface area contributed by atoms with Gasteiger partial charge in [-0.25, -0.2) is 0 Å².